The normalized spacial score (nSPS) is 15.1. The van der Waals surface area contributed by atoms with E-state index in [0.29, 0.717) is 27.5 Å². The molecule has 2 aromatic rings. The smallest absolute Gasteiger partial charge is 0.293 e. The predicted octanol–water partition coefficient (Wildman–Crippen LogP) is 4.45. The van der Waals surface area contributed by atoms with Gasteiger partial charge in [-0.05, 0) is 63.7 Å². The van der Waals surface area contributed by atoms with Crippen molar-refractivity contribution < 1.29 is 24.0 Å². The number of thioether (sulfide) groups is 1. The zero-order chi connectivity index (χ0) is 21.1. The van der Waals surface area contributed by atoms with Crippen LogP contribution in [0.5, 0.6) is 11.5 Å². The highest BCUT2D eigenvalue weighted by atomic mass is 127. The van der Waals surface area contributed by atoms with Gasteiger partial charge in [0.2, 0.25) is 0 Å². The van der Waals surface area contributed by atoms with Crippen molar-refractivity contribution in [1.82, 2.24) is 4.90 Å². The molecule has 0 spiro atoms. The number of imide groups is 1. The third-order valence-electron chi connectivity index (χ3n) is 4.12. The molecule has 2 aromatic carbocycles. The number of nitro groups is 1. The van der Waals surface area contributed by atoms with Crippen molar-refractivity contribution in [3.63, 3.8) is 0 Å². The van der Waals surface area contributed by atoms with Crippen LogP contribution in [0.3, 0.4) is 0 Å². The van der Waals surface area contributed by atoms with Crippen LogP contribution in [-0.2, 0) is 11.3 Å². The lowest BCUT2D eigenvalue weighted by Gasteiger charge is -2.12. The van der Waals surface area contributed by atoms with Crippen LogP contribution in [0.15, 0.2) is 41.3 Å². The van der Waals surface area contributed by atoms with Crippen LogP contribution < -0.4 is 9.47 Å². The number of nitro benzene ring substituents is 1. The Labute approximate surface area is 184 Å². The SMILES string of the molecule is COc1cc(/C=C2/SC(=O)N(Cc3ccc([N+](=O)[O-])cc3)C2=O)cc(I)c1OC. The summed E-state index contributed by atoms with van der Waals surface area (Å²) in [6, 6.07) is 9.30. The molecule has 0 aliphatic carbocycles. The molecule has 0 N–H and O–H groups in total. The number of hydrogen-bond donors (Lipinski definition) is 0. The third kappa shape index (κ3) is 4.53. The van der Waals surface area contributed by atoms with Crippen LogP contribution in [0.25, 0.3) is 6.08 Å². The van der Waals surface area contributed by atoms with Gasteiger partial charge in [0.15, 0.2) is 11.5 Å². The fourth-order valence-corrected chi connectivity index (χ4v) is 4.40. The maximum atomic E-state index is 12.7. The zero-order valence-corrected chi connectivity index (χ0v) is 18.4. The lowest BCUT2D eigenvalue weighted by molar-refractivity contribution is -0.384. The lowest BCUT2D eigenvalue weighted by atomic mass is 10.1. The molecule has 1 aliphatic heterocycles. The summed E-state index contributed by atoms with van der Waals surface area (Å²) in [5.41, 5.74) is 1.28. The monoisotopic (exact) mass is 526 g/mol. The topological polar surface area (TPSA) is 99.0 Å². The molecule has 1 saturated heterocycles. The minimum atomic E-state index is -0.503. The Bertz CT molecular complexity index is 1020. The van der Waals surface area contributed by atoms with E-state index in [9.17, 15) is 19.7 Å². The number of rotatable bonds is 6. The molecule has 8 nitrogen and oxygen atoms in total. The Hall–Kier alpha value is -2.60. The quantitative estimate of drug-likeness (QED) is 0.237. The van der Waals surface area contributed by atoms with Crippen LogP contribution in [0.4, 0.5) is 10.5 Å². The average Bonchev–Trinajstić information content (AvgIpc) is 2.95. The van der Waals surface area contributed by atoms with Crippen LogP contribution in [0, 0.1) is 13.7 Å². The number of halogens is 1. The van der Waals surface area contributed by atoms with Crippen LogP contribution in [0.1, 0.15) is 11.1 Å². The van der Waals surface area contributed by atoms with Gasteiger partial charge in [0.05, 0.1) is 34.2 Å². The second-order valence-electron chi connectivity index (χ2n) is 5.93. The van der Waals surface area contributed by atoms with E-state index in [0.717, 1.165) is 20.2 Å². The van der Waals surface area contributed by atoms with Crippen LogP contribution in [0.2, 0.25) is 0 Å². The molecule has 0 unspecified atom stereocenters. The minimum Gasteiger partial charge on any atom is -0.493 e. The molecule has 0 radical (unpaired) electrons. The molecular formula is C19H15IN2O6S. The summed E-state index contributed by atoms with van der Waals surface area (Å²) < 4.78 is 11.4. The minimum absolute atomic E-state index is 0.0451. The van der Waals surface area contributed by atoms with Crippen molar-refractivity contribution in [1.29, 1.82) is 0 Å². The molecule has 29 heavy (non-hydrogen) atoms. The van der Waals surface area contributed by atoms with Gasteiger partial charge in [-0.1, -0.05) is 12.1 Å². The van der Waals surface area contributed by atoms with E-state index < -0.39 is 16.1 Å². The van der Waals surface area contributed by atoms with Gasteiger partial charge in [-0.25, -0.2) is 0 Å². The molecule has 0 saturated carbocycles. The number of benzene rings is 2. The highest BCUT2D eigenvalue weighted by Crippen LogP contribution is 2.37. The summed E-state index contributed by atoms with van der Waals surface area (Å²) in [4.78, 5) is 36.7. The van der Waals surface area contributed by atoms with Crippen LogP contribution >= 0.6 is 34.4 Å². The van der Waals surface area contributed by atoms with E-state index in [1.165, 1.54) is 31.4 Å². The number of carbonyl (C=O) groups is 2. The first-order chi connectivity index (χ1) is 13.8. The summed E-state index contributed by atoms with van der Waals surface area (Å²) in [7, 11) is 3.07. The van der Waals surface area contributed by atoms with Gasteiger partial charge in [-0.3, -0.25) is 24.6 Å². The van der Waals surface area contributed by atoms with E-state index in [1.54, 1.807) is 19.3 Å². The highest BCUT2D eigenvalue weighted by Gasteiger charge is 2.35. The van der Waals surface area contributed by atoms with Gasteiger partial charge in [0.1, 0.15) is 0 Å². The van der Waals surface area contributed by atoms with Gasteiger partial charge in [-0.15, -0.1) is 0 Å². The Balaban J connectivity index is 1.83. The summed E-state index contributed by atoms with van der Waals surface area (Å²) in [5, 5.41) is 10.4. The second-order valence-corrected chi connectivity index (χ2v) is 8.09. The summed E-state index contributed by atoms with van der Waals surface area (Å²) in [6.45, 7) is 0.0451. The lowest BCUT2D eigenvalue weighted by Crippen LogP contribution is -2.27. The average molecular weight is 526 g/mol. The number of hydrogen-bond acceptors (Lipinski definition) is 7. The number of methoxy groups -OCH3 is 2. The fourth-order valence-electron chi connectivity index (χ4n) is 2.71. The van der Waals surface area contributed by atoms with Crippen LogP contribution in [-0.4, -0.2) is 35.2 Å². The molecule has 0 atom stereocenters. The molecule has 0 bridgehead atoms. The molecule has 2 amide bonds. The Morgan fingerprint density at radius 2 is 1.86 bits per heavy atom. The van der Waals surface area contributed by atoms with Crippen molar-refractivity contribution in [2.75, 3.05) is 14.2 Å². The summed E-state index contributed by atoms with van der Waals surface area (Å²) in [5.74, 6) is 0.704. The Morgan fingerprint density at radius 3 is 2.45 bits per heavy atom. The van der Waals surface area contributed by atoms with E-state index in [-0.39, 0.29) is 12.2 Å². The first-order valence-corrected chi connectivity index (χ1v) is 10.1. The van der Waals surface area contributed by atoms with Crippen molar-refractivity contribution in [3.8, 4) is 11.5 Å². The fraction of sp³-hybridized carbons (Fsp3) is 0.158. The zero-order valence-electron chi connectivity index (χ0n) is 15.4. The first kappa shape index (κ1) is 21.1. The summed E-state index contributed by atoms with van der Waals surface area (Å²) >= 11 is 2.95. The van der Waals surface area contributed by atoms with Gasteiger partial charge >= 0.3 is 0 Å². The number of ether oxygens (including phenoxy) is 2. The van der Waals surface area contributed by atoms with E-state index in [1.807, 2.05) is 6.07 Å². The molecule has 1 fully saturated rings. The number of carbonyl (C=O) groups excluding carboxylic acids is 2. The van der Waals surface area contributed by atoms with Gasteiger partial charge in [0.25, 0.3) is 16.8 Å². The predicted molar refractivity (Wildman–Crippen MR) is 117 cm³/mol. The van der Waals surface area contributed by atoms with Crippen molar-refractivity contribution >= 4 is 57.3 Å². The maximum absolute atomic E-state index is 12.7. The standard InChI is InChI=1S/C19H15IN2O6S/c1-27-15-8-12(7-14(20)17(15)28-2)9-16-18(23)21(19(24)29-16)10-11-3-5-13(6-4-11)22(25)26/h3-9H,10H2,1-2H3/b16-9+. The van der Waals surface area contributed by atoms with Crippen molar-refractivity contribution in [3.05, 3.63) is 66.1 Å². The Morgan fingerprint density at radius 1 is 1.17 bits per heavy atom. The van der Waals surface area contributed by atoms with Crippen molar-refractivity contribution in [2.45, 2.75) is 6.54 Å². The number of nitrogens with zero attached hydrogens (tertiary/aromatic N) is 2. The molecule has 1 aliphatic rings. The second kappa shape index (κ2) is 8.82. The van der Waals surface area contributed by atoms with Gasteiger partial charge in [-0.2, -0.15) is 0 Å². The molecule has 1 heterocycles. The third-order valence-corrected chi connectivity index (χ3v) is 5.82. The molecule has 10 heteroatoms. The summed E-state index contributed by atoms with van der Waals surface area (Å²) in [6.07, 6.45) is 1.63. The van der Waals surface area contributed by atoms with Gasteiger partial charge in [0, 0.05) is 12.1 Å². The maximum Gasteiger partial charge on any atom is 0.293 e. The molecule has 150 valence electrons. The number of amides is 2. The van der Waals surface area contributed by atoms with Gasteiger partial charge < -0.3 is 9.47 Å². The largest absolute Gasteiger partial charge is 0.493 e. The van der Waals surface area contributed by atoms with E-state index in [4.69, 9.17) is 9.47 Å². The Kier molecular flexibility index (Phi) is 6.42. The first-order valence-electron chi connectivity index (χ1n) is 8.24. The van der Waals surface area contributed by atoms with E-state index in [2.05, 4.69) is 22.6 Å². The molecule has 3 rings (SSSR count). The molecule has 0 aromatic heterocycles. The highest BCUT2D eigenvalue weighted by molar-refractivity contribution is 14.1. The number of non-ortho nitro benzene ring substituents is 1. The molecular weight excluding hydrogens is 511 g/mol. The van der Waals surface area contributed by atoms with Crippen molar-refractivity contribution in [2.24, 2.45) is 0 Å². The van der Waals surface area contributed by atoms with E-state index >= 15 is 0 Å².